The van der Waals surface area contributed by atoms with Crippen molar-refractivity contribution in [2.45, 2.75) is 0 Å². The summed E-state index contributed by atoms with van der Waals surface area (Å²) in [4.78, 5) is 19.6. The fraction of sp³-hybridized carbons (Fsp3) is 0.161. The van der Waals surface area contributed by atoms with Gasteiger partial charge < -0.3 is 19.7 Å². The van der Waals surface area contributed by atoms with Crippen LogP contribution >= 0.6 is 23.2 Å². The SMILES string of the molecule is COc1cc(NC(=O)Oc2ccc(N(CCCl)CCCl)cc2)cc(Nc2c3ccccc3nc3ccccc23)c1. The van der Waals surface area contributed by atoms with Crippen LogP contribution in [0.25, 0.3) is 21.8 Å². The van der Waals surface area contributed by atoms with Crippen molar-refractivity contribution in [1.82, 2.24) is 4.98 Å². The summed E-state index contributed by atoms with van der Waals surface area (Å²) < 4.78 is 11.0. The minimum absolute atomic E-state index is 0.411. The monoisotopic (exact) mass is 574 g/mol. The molecule has 0 spiro atoms. The third kappa shape index (κ3) is 6.33. The predicted molar refractivity (Wildman–Crippen MR) is 165 cm³/mol. The number of carbonyl (C=O) groups is 1. The van der Waals surface area contributed by atoms with Crippen molar-refractivity contribution < 1.29 is 14.3 Å². The molecule has 0 fully saturated rings. The Balaban J connectivity index is 1.36. The predicted octanol–water partition coefficient (Wildman–Crippen LogP) is 8.04. The lowest BCUT2D eigenvalue weighted by Gasteiger charge is -2.22. The van der Waals surface area contributed by atoms with Crippen LogP contribution in [0.1, 0.15) is 0 Å². The maximum absolute atomic E-state index is 12.8. The first-order valence-corrected chi connectivity index (χ1v) is 13.8. The molecule has 0 atom stereocenters. The smallest absolute Gasteiger partial charge is 0.417 e. The van der Waals surface area contributed by atoms with E-state index < -0.39 is 6.09 Å². The Morgan fingerprint density at radius 1 is 0.800 bits per heavy atom. The number of fused-ring (bicyclic) bond motifs is 2. The van der Waals surface area contributed by atoms with Crippen molar-refractivity contribution in [2.75, 3.05) is 47.5 Å². The van der Waals surface area contributed by atoms with Gasteiger partial charge in [-0.2, -0.15) is 0 Å². The van der Waals surface area contributed by atoms with Crippen LogP contribution < -0.4 is 25.0 Å². The van der Waals surface area contributed by atoms with Crippen molar-refractivity contribution in [1.29, 1.82) is 0 Å². The van der Waals surface area contributed by atoms with Crippen molar-refractivity contribution in [3.8, 4) is 11.5 Å². The Labute approximate surface area is 242 Å². The van der Waals surface area contributed by atoms with Gasteiger partial charge in [-0.05, 0) is 42.5 Å². The molecule has 0 saturated carbocycles. The number of pyridine rings is 1. The molecule has 204 valence electrons. The lowest BCUT2D eigenvalue weighted by molar-refractivity contribution is 0.215. The Morgan fingerprint density at radius 2 is 1.40 bits per heavy atom. The normalized spacial score (nSPS) is 10.9. The minimum Gasteiger partial charge on any atom is -0.497 e. The van der Waals surface area contributed by atoms with Gasteiger partial charge in [0.1, 0.15) is 11.5 Å². The number of para-hydroxylation sites is 2. The standard InChI is InChI=1S/C31H28Cl2N4O3/c1-39-25-19-21(34-30-26-6-2-4-8-28(26)36-29-9-5-3-7-27(29)30)18-22(20-25)35-31(38)40-24-12-10-23(11-13-24)37(16-14-32)17-15-33/h2-13,18-20H,14-17H2,1H3,(H,34,36)(H,35,38). The van der Waals surface area contributed by atoms with Gasteiger partial charge in [-0.1, -0.05) is 36.4 Å². The first-order valence-electron chi connectivity index (χ1n) is 12.8. The average Bonchev–Trinajstić information content (AvgIpc) is 2.97. The van der Waals surface area contributed by atoms with Crippen LogP contribution in [-0.2, 0) is 0 Å². The van der Waals surface area contributed by atoms with E-state index in [4.69, 9.17) is 37.7 Å². The number of nitrogens with zero attached hydrogens (tertiary/aromatic N) is 2. The Bertz CT molecular complexity index is 1570. The number of hydrogen-bond acceptors (Lipinski definition) is 6. The van der Waals surface area contributed by atoms with Gasteiger partial charge in [0, 0.05) is 64.8 Å². The summed E-state index contributed by atoms with van der Waals surface area (Å²) in [5.74, 6) is 1.96. The van der Waals surface area contributed by atoms with E-state index in [1.54, 1.807) is 25.3 Å². The quantitative estimate of drug-likeness (QED) is 0.130. The first kappa shape index (κ1) is 27.4. The molecule has 1 amide bonds. The van der Waals surface area contributed by atoms with Crippen molar-refractivity contribution >= 4 is 73.9 Å². The molecular weight excluding hydrogens is 547 g/mol. The second-order valence-electron chi connectivity index (χ2n) is 8.97. The average molecular weight is 575 g/mol. The maximum Gasteiger partial charge on any atom is 0.417 e. The van der Waals surface area contributed by atoms with Gasteiger partial charge in [-0.15, -0.1) is 23.2 Å². The summed E-state index contributed by atoms with van der Waals surface area (Å²) >= 11 is 11.8. The molecule has 40 heavy (non-hydrogen) atoms. The van der Waals surface area contributed by atoms with E-state index in [2.05, 4.69) is 15.5 Å². The summed E-state index contributed by atoms with van der Waals surface area (Å²) in [6, 6.07) is 28.6. The lowest BCUT2D eigenvalue weighted by Crippen LogP contribution is -2.27. The van der Waals surface area contributed by atoms with E-state index in [-0.39, 0.29) is 0 Å². The van der Waals surface area contributed by atoms with E-state index in [0.29, 0.717) is 42.0 Å². The number of rotatable bonds is 10. The molecule has 0 aliphatic carbocycles. The molecular formula is C31H28Cl2N4O3. The van der Waals surface area contributed by atoms with Gasteiger partial charge in [0.2, 0.25) is 0 Å². The molecule has 0 aliphatic heterocycles. The van der Waals surface area contributed by atoms with Gasteiger partial charge in [-0.25, -0.2) is 9.78 Å². The van der Waals surface area contributed by atoms with Crippen LogP contribution in [-0.4, -0.2) is 43.0 Å². The van der Waals surface area contributed by atoms with Gasteiger partial charge >= 0.3 is 6.09 Å². The van der Waals surface area contributed by atoms with Crippen LogP contribution in [0.2, 0.25) is 0 Å². The highest BCUT2D eigenvalue weighted by Crippen LogP contribution is 2.35. The third-order valence-corrected chi connectivity index (χ3v) is 6.70. The zero-order valence-corrected chi connectivity index (χ0v) is 23.4. The van der Waals surface area contributed by atoms with E-state index >= 15 is 0 Å². The second-order valence-corrected chi connectivity index (χ2v) is 9.73. The molecule has 0 unspecified atom stereocenters. The first-order chi connectivity index (χ1) is 19.6. The number of halogens is 2. The topological polar surface area (TPSA) is 75.7 Å². The highest BCUT2D eigenvalue weighted by atomic mass is 35.5. The molecule has 9 heteroatoms. The summed E-state index contributed by atoms with van der Waals surface area (Å²) in [6.45, 7) is 1.35. The molecule has 0 bridgehead atoms. The molecule has 0 radical (unpaired) electrons. The zero-order valence-electron chi connectivity index (χ0n) is 21.9. The molecule has 0 saturated heterocycles. The number of ether oxygens (including phenoxy) is 2. The van der Waals surface area contributed by atoms with Crippen LogP contribution in [0.15, 0.2) is 91.0 Å². The summed E-state index contributed by atoms with van der Waals surface area (Å²) in [5.41, 5.74) is 4.89. The summed E-state index contributed by atoms with van der Waals surface area (Å²) in [5, 5.41) is 8.30. The highest BCUT2D eigenvalue weighted by molar-refractivity contribution is 6.18. The zero-order chi connectivity index (χ0) is 27.9. The highest BCUT2D eigenvalue weighted by Gasteiger charge is 2.13. The van der Waals surface area contributed by atoms with Gasteiger partial charge in [0.15, 0.2) is 0 Å². The van der Waals surface area contributed by atoms with Crippen molar-refractivity contribution in [3.63, 3.8) is 0 Å². The third-order valence-electron chi connectivity index (χ3n) is 6.37. The molecule has 7 nitrogen and oxygen atoms in total. The number of aromatic nitrogens is 1. The van der Waals surface area contributed by atoms with Gasteiger partial charge in [0.25, 0.3) is 0 Å². The van der Waals surface area contributed by atoms with Crippen molar-refractivity contribution in [2.24, 2.45) is 0 Å². The lowest BCUT2D eigenvalue weighted by atomic mass is 10.1. The number of anilines is 4. The van der Waals surface area contributed by atoms with Crippen molar-refractivity contribution in [3.05, 3.63) is 91.0 Å². The minimum atomic E-state index is -0.620. The summed E-state index contributed by atoms with van der Waals surface area (Å²) in [6.07, 6.45) is -0.620. The fourth-order valence-electron chi connectivity index (χ4n) is 4.53. The van der Waals surface area contributed by atoms with Crippen LogP contribution in [0, 0.1) is 0 Å². The molecule has 4 aromatic carbocycles. The van der Waals surface area contributed by atoms with Crippen LogP contribution in [0.5, 0.6) is 11.5 Å². The molecule has 5 rings (SSSR count). The number of amides is 1. The van der Waals surface area contributed by atoms with E-state index in [1.807, 2.05) is 72.8 Å². The molecule has 5 aromatic rings. The summed E-state index contributed by atoms with van der Waals surface area (Å²) in [7, 11) is 1.58. The molecule has 1 heterocycles. The van der Waals surface area contributed by atoms with E-state index in [0.717, 1.165) is 38.9 Å². The van der Waals surface area contributed by atoms with Crippen LogP contribution in [0.3, 0.4) is 0 Å². The fourth-order valence-corrected chi connectivity index (χ4v) is 4.94. The number of benzene rings is 4. The number of methoxy groups -OCH3 is 1. The Kier molecular flexibility index (Phi) is 8.74. The van der Waals surface area contributed by atoms with E-state index in [1.165, 1.54) is 0 Å². The number of carbonyl (C=O) groups excluding carboxylic acids is 1. The van der Waals surface area contributed by atoms with Gasteiger partial charge in [-0.3, -0.25) is 5.32 Å². The Morgan fingerprint density at radius 3 is 2.00 bits per heavy atom. The van der Waals surface area contributed by atoms with E-state index in [9.17, 15) is 4.79 Å². The number of nitrogens with one attached hydrogen (secondary N) is 2. The van der Waals surface area contributed by atoms with Crippen LogP contribution in [0.4, 0.5) is 27.5 Å². The molecule has 1 aromatic heterocycles. The number of alkyl halides is 2. The maximum atomic E-state index is 12.8. The number of hydrogen-bond donors (Lipinski definition) is 2. The largest absolute Gasteiger partial charge is 0.497 e. The van der Waals surface area contributed by atoms with Gasteiger partial charge in [0.05, 0.1) is 23.8 Å². The Hall–Kier alpha value is -4.20. The molecule has 0 aliphatic rings. The second kappa shape index (κ2) is 12.8. The molecule has 2 N–H and O–H groups in total.